The van der Waals surface area contributed by atoms with Crippen LogP contribution in [0.2, 0.25) is 0 Å². The van der Waals surface area contributed by atoms with Gasteiger partial charge in [-0.1, -0.05) is 6.92 Å². The summed E-state index contributed by atoms with van der Waals surface area (Å²) in [6.45, 7) is 3.82. The molecule has 0 N–H and O–H groups in total. The third-order valence-corrected chi connectivity index (χ3v) is 1.72. The van der Waals surface area contributed by atoms with Crippen LogP contribution >= 0.6 is 0 Å². The van der Waals surface area contributed by atoms with Gasteiger partial charge in [-0.05, 0) is 13.3 Å². The molecule has 92 valence electrons. The number of hydrogen-bond donors (Lipinski definition) is 0. The maximum atomic E-state index is 11.5. The van der Waals surface area contributed by atoms with E-state index in [1.165, 1.54) is 12.0 Å². The van der Waals surface area contributed by atoms with Crippen LogP contribution < -0.4 is 0 Å². The molecule has 0 spiro atoms. The molecule has 0 rings (SSSR count). The van der Waals surface area contributed by atoms with Gasteiger partial charge in [0.25, 0.3) is 0 Å². The molecule has 0 aromatic carbocycles. The predicted octanol–water partition coefficient (Wildman–Crippen LogP) is -0.0389. The zero-order valence-electron chi connectivity index (χ0n) is 9.82. The van der Waals surface area contributed by atoms with Crippen LogP contribution in [0.3, 0.4) is 0 Å². The highest BCUT2D eigenvalue weighted by Gasteiger charge is 2.28. The third kappa shape index (κ3) is 4.39. The van der Waals surface area contributed by atoms with Gasteiger partial charge in [0.05, 0.1) is 6.61 Å². The normalized spacial score (nSPS) is 9.69. The fourth-order valence-corrected chi connectivity index (χ4v) is 1.08. The van der Waals surface area contributed by atoms with Gasteiger partial charge in [-0.2, -0.15) is 0 Å². The van der Waals surface area contributed by atoms with Crippen molar-refractivity contribution in [1.29, 1.82) is 0 Å². The van der Waals surface area contributed by atoms with Gasteiger partial charge < -0.3 is 14.4 Å². The van der Waals surface area contributed by atoms with Gasteiger partial charge in [-0.15, -0.1) is 0 Å². The molecule has 0 saturated heterocycles. The summed E-state index contributed by atoms with van der Waals surface area (Å²) in [4.78, 5) is 35.0. The molecule has 0 bridgehead atoms. The van der Waals surface area contributed by atoms with Crippen molar-refractivity contribution in [1.82, 2.24) is 4.90 Å². The molecule has 0 aromatic heterocycles. The minimum Gasteiger partial charge on any atom is -0.460 e. The quantitative estimate of drug-likeness (QED) is 0.266. The van der Waals surface area contributed by atoms with E-state index in [1.54, 1.807) is 6.92 Å². The van der Waals surface area contributed by atoms with Gasteiger partial charge in [-0.3, -0.25) is 9.59 Å². The number of hydrogen-bond acceptors (Lipinski definition) is 5. The van der Waals surface area contributed by atoms with Crippen LogP contribution in [0.5, 0.6) is 0 Å². The van der Waals surface area contributed by atoms with Gasteiger partial charge in [0.2, 0.25) is 0 Å². The lowest BCUT2D eigenvalue weighted by Gasteiger charge is -2.19. The molecule has 0 aromatic rings. The summed E-state index contributed by atoms with van der Waals surface area (Å²) in [5, 5.41) is 0. The van der Waals surface area contributed by atoms with Gasteiger partial charge in [0.15, 0.2) is 0 Å². The Bertz CT molecular complexity index is 258. The summed E-state index contributed by atoms with van der Waals surface area (Å²) >= 11 is 0. The molecular formula is C10H17NO5. The second kappa shape index (κ2) is 7.81. The van der Waals surface area contributed by atoms with E-state index >= 15 is 0 Å². The molecule has 0 aliphatic heterocycles. The molecule has 6 heteroatoms. The number of ketones is 1. The summed E-state index contributed by atoms with van der Waals surface area (Å²) < 4.78 is 9.22. The standard InChI is InChI=1S/C10H17NO5/c1-4-6-11(7-15-3)9(13)8(12)10(14)16-5-2/h4-7H2,1-3H3. The highest BCUT2D eigenvalue weighted by molar-refractivity contribution is 6.61. The maximum absolute atomic E-state index is 11.5. The van der Waals surface area contributed by atoms with E-state index in [1.807, 2.05) is 6.92 Å². The van der Waals surface area contributed by atoms with E-state index in [2.05, 4.69) is 4.74 Å². The number of rotatable bonds is 7. The zero-order valence-corrected chi connectivity index (χ0v) is 9.82. The SMILES string of the molecule is CCCN(COC)C(=O)C(=O)C(=O)OCC. The minimum atomic E-state index is -1.16. The van der Waals surface area contributed by atoms with Crippen molar-refractivity contribution in [2.75, 3.05) is 27.0 Å². The van der Waals surface area contributed by atoms with Gasteiger partial charge >= 0.3 is 17.7 Å². The van der Waals surface area contributed by atoms with Crippen molar-refractivity contribution >= 4 is 17.7 Å². The van der Waals surface area contributed by atoms with Gasteiger partial charge in [0, 0.05) is 13.7 Å². The van der Waals surface area contributed by atoms with Crippen molar-refractivity contribution < 1.29 is 23.9 Å². The minimum absolute atomic E-state index is 0.0161. The Kier molecular flexibility index (Phi) is 7.11. The van der Waals surface area contributed by atoms with Crippen LogP contribution in [0.4, 0.5) is 0 Å². The Labute approximate surface area is 94.5 Å². The van der Waals surface area contributed by atoms with Crippen LogP contribution in [0.1, 0.15) is 20.3 Å². The van der Waals surface area contributed by atoms with Crippen LogP contribution in [0.25, 0.3) is 0 Å². The molecule has 6 nitrogen and oxygen atoms in total. The van der Waals surface area contributed by atoms with Crippen molar-refractivity contribution in [2.45, 2.75) is 20.3 Å². The van der Waals surface area contributed by atoms with Crippen molar-refractivity contribution in [3.63, 3.8) is 0 Å². The first-order valence-corrected chi connectivity index (χ1v) is 5.07. The van der Waals surface area contributed by atoms with Crippen LogP contribution in [0.15, 0.2) is 0 Å². The topological polar surface area (TPSA) is 72.9 Å². The number of nitrogens with zero attached hydrogens (tertiary/aromatic N) is 1. The molecule has 0 heterocycles. The van der Waals surface area contributed by atoms with E-state index in [-0.39, 0.29) is 13.3 Å². The van der Waals surface area contributed by atoms with E-state index in [0.717, 1.165) is 0 Å². The third-order valence-electron chi connectivity index (χ3n) is 1.72. The Hall–Kier alpha value is -1.43. The smallest absolute Gasteiger partial charge is 0.384 e. The summed E-state index contributed by atoms with van der Waals surface area (Å²) in [5.41, 5.74) is 0. The average Bonchev–Trinajstić information content (AvgIpc) is 2.27. The lowest BCUT2D eigenvalue weighted by Crippen LogP contribution is -2.42. The number of carbonyl (C=O) groups is 3. The Balaban J connectivity index is 4.47. The number of carbonyl (C=O) groups excluding carboxylic acids is 3. The van der Waals surface area contributed by atoms with Crippen LogP contribution in [-0.2, 0) is 23.9 Å². The molecule has 0 aliphatic rings. The number of ether oxygens (including phenoxy) is 2. The second-order valence-electron chi connectivity index (χ2n) is 3.04. The highest BCUT2D eigenvalue weighted by Crippen LogP contribution is 1.96. The average molecular weight is 231 g/mol. The number of methoxy groups -OCH3 is 1. The zero-order chi connectivity index (χ0) is 12.6. The first-order chi connectivity index (χ1) is 7.58. The lowest BCUT2D eigenvalue weighted by atomic mass is 10.3. The molecule has 0 unspecified atom stereocenters. The second-order valence-corrected chi connectivity index (χ2v) is 3.04. The molecule has 0 aliphatic carbocycles. The van der Waals surface area contributed by atoms with E-state index in [0.29, 0.717) is 13.0 Å². The Morgan fingerprint density at radius 3 is 2.25 bits per heavy atom. The lowest BCUT2D eigenvalue weighted by molar-refractivity contribution is -0.161. The van der Waals surface area contributed by atoms with Crippen molar-refractivity contribution in [3.05, 3.63) is 0 Å². The first kappa shape index (κ1) is 14.6. The van der Waals surface area contributed by atoms with Crippen molar-refractivity contribution in [2.24, 2.45) is 0 Å². The Morgan fingerprint density at radius 2 is 1.81 bits per heavy atom. The van der Waals surface area contributed by atoms with Gasteiger partial charge in [0.1, 0.15) is 6.73 Å². The predicted molar refractivity (Wildman–Crippen MR) is 55.5 cm³/mol. The van der Waals surface area contributed by atoms with Gasteiger partial charge in [-0.25, -0.2) is 4.79 Å². The molecule has 0 saturated carbocycles. The summed E-state index contributed by atoms with van der Waals surface area (Å²) in [7, 11) is 1.41. The molecular weight excluding hydrogens is 214 g/mol. The molecule has 16 heavy (non-hydrogen) atoms. The fraction of sp³-hybridized carbons (Fsp3) is 0.700. The summed E-state index contributed by atoms with van der Waals surface area (Å²) in [5.74, 6) is -3.17. The number of esters is 1. The molecule has 1 amide bonds. The fourth-order valence-electron chi connectivity index (χ4n) is 1.08. The van der Waals surface area contributed by atoms with Crippen LogP contribution in [-0.4, -0.2) is 49.6 Å². The van der Waals surface area contributed by atoms with Crippen LogP contribution in [0, 0.1) is 0 Å². The molecule has 0 atom stereocenters. The number of Topliss-reactive ketones (excluding diaryl/α,β-unsaturated/α-hetero) is 1. The highest BCUT2D eigenvalue weighted by atomic mass is 16.5. The maximum Gasteiger partial charge on any atom is 0.384 e. The first-order valence-electron chi connectivity index (χ1n) is 5.07. The summed E-state index contributed by atoms with van der Waals surface area (Å²) in [6, 6.07) is 0. The monoisotopic (exact) mass is 231 g/mol. The molecule has 0 fully saturated rings. The Morgan fingerprint density at radius 1 is 1.19 bits per heavy atom. The van der Waals surface area contributed by atoms with E-state index in [9.17, 15) is 14.4 Å². The van der Waals surface area contributed by atoms with E-state index in [4.69, 9.17) is 4.74 Å². The van der Waals surface area contributed by atoms with E-state index < -0.39 is 17.7 Å². The number of amides is 1. The summed E-state index contributed by atoms with van der Waals surface area (Å²) in [6.07, 6.45) is 0.672. The largest absolute Gasteiger partial charge is 0.460 e. The molecule has 0 radical (unpaired) electrons. The van der Waals surface area contributed by atoms with Crippen molar-refractivity contribution in [3.8, 4) is 0 Å².